The van der Waals surface area contributed by atoms with Crippen molar-refractivity contribution in [1.82, 2.24) is 4.90 Å². The van der Waals surface area contributed by atoms with Crippen LogP contribution in [0.4, 0.5) is 0 Å². The van der Waals surface area contributed by atoms with Gasteiger partial charge < -0.3 is 0 Å². The lowest BCUT2D eigenvalue weighted by Crippen LogP contribution is -2.33. The minimum atomic E-state index is 0.438. The fraction of sp³-hybridized carbons (Fsp3) is 0.700. The Morgan fingerprint density at radius 2 is 2.23 bits per heavy atom. The summed E-state index contributed by atoms with van der Waals surface area (Å²) >= 11 is 5.64. The van der Waals surface area contributed by atoms with Crippen molar-refractivity contribution in [3.63, 3.8) is 0 Å². The van der Waals surface area contributed by atoms with Gasteiger partial charge in [-0.1, -0.05) is 6.58 Å². The van der Waals surface area contributed by atoms with Crippen molar-refractivity contribution in [2.75, 3.05) is 19.0 Å². The van der Waals surface area contributed by atoms with Crippen molar-refractivity contribution in [2.45, 2.75) is 26.3 Å². The van der Waals surface area contributed by atoms with Crippen LogP contribution in [0.25, 0.3) is 0 Å². The summed E-state index contributed by atoms with van der Waals surface area (Å²) in [7, 11) is 0. The predicted molar refractivity (Wildman–Crippen MR) is 56.8 cm³/mol. The number of hydrogen-bond donors (Lipinski definition) is 0. The minimum Gasteiger partial charge on any atom is -0.296 e. The second-order valence-corrected chi connectivity index (χ2v) is 3.62. The fourth-order valence-corrected chi connectivity index (χ4v) is 1.13. The maximum atomic E-state index is 8.46. The number of alkyl halides is 1. The summed E-state index contributed by atoms with van der Waals surface area (Å²) < 4.78 is 0. The van der Waals surface area contributed by atoms with Gasteiger partial charge in [-0.2, -0.15) is 5.26 Å². The quantitative estimate of drug-likeness (QED) is 0.487. The van der Waals surface area contributed by atoms with Crippen LogP contribution in [-0.4, -0.2) is 29.9 Å². The third kappa shape index (κ3) is 5.68. The molecular formula is C10H17ClN2. The molecule has 0 amide bonds. The number of nitrogens with zero attached hydrogens (tertiary/aromatic N) is 2. The van der Waals surface area contributed by atoms with E-state index in [1.165, 1.54) is 0 Å². The second kappa shape index (κ2) is 6.94. The van der Waals surface area contributed by atoms with Crippen LogP contribution in [0.2, 0.25) is 0 Å². The molecule has 0 fully saturated rings. The van der Waals surface area contributed by atoms with E-state index in [-0.39, 0.29) is 0 Å². The number of rotatable bonds is 6. The Bertz CT molecular complexity index is 194. The molecule has 0 radical (unpaired) electrons. The molecule has 0 aliphatic heterocycles. The number of halogens is 1. The molecule has 3 heteroatoms. The highest BCUT2D eigenvalue weighted by molar-refractivity contribution is 6.19. The standard InChI is InChI=1S/C10H17ClN2/c1-9(2)13(6-4-5-12)8-10(3)7-11/h9H,3-4,6-8H2,1-2H3. The highest BCUT2D eigenvalue weighted by atomic mass is 35.5. The third-order valence-corrected chi connectivity index (χ3v) is 2.23. The molecule has 0 saturated heterocycles. The summed E-state index contributed by atoms with van der Waals surface area (Å²) in [6.07, 6.45) is 0.563. The van der Waals surface area contributed by atoms with Gasteiger partial charge in [0, 0.05) is 31.4 Å². The molecule has 0 aromatic heterocycles. The summed E-state index contributed by atoms with van der Waals surface area (Å²) in [4.78, 5) is 2.20. The molecule has 0 aromatic carbocycles. The molecular weight excluding hydrogens is 184 g/mol. The third-order valence-electron chi connectivity index (χ3n) is 1.86. The molecule has 0 unspecified atom stereocenters. The Hall–Kier alpha value is -0.520. The predicted octanol–water partition coefficient (Wildman–Crippen LogP) is 2.41. The summed E-state index contributed by atoms with van der Waals surface area (Å²) in [5.41, 5.74) is 1.01. The molecule has 0 aromatic rings. The zero-order valence-electron chi connectivity index (χ0n) is 8.39. The van der Waals surface area contributed by atoms with E-state index in [0.717, 1.165) is 18.7 Å². The van der Waals surface area contributed by atoms with Crippen LogP contribution in [0.15, 0.2) is 12.2 Å². The number of hydrogen-bond acceptors (Lipinski definition) is 2. The van der Waals surface area contributed by atoms with Crippen LogP contribution < -0.4 is 0 Å². The van der Waals surface area contributed by atoms with Gasteiger partial charge in [0.25, 0.3) is 0 Å². The van der Waals surface area contributed by atoms with Crippen molar-refractivity contribution in [2.24, 2.45) is 0 Å². The van der Waals surface area contributed by atoms with Crippen LogP contribution >= 0.6 is 11.6 Å². The van der Waals surface area contributed by atoms with Gasteiger partial charge in [-0.3, -0.25) is 4.90 Å². The molecule has 0 rings (SSSR count). The summed E-state index contributed by atoms with van der Waals surface area (Å²) in [5, 5.41) is 8.46. The van der Waals surface area contributed by atoms with E-state index < -0.39 is 0 Å². The Kier molecular flexibility index (Phi) is 6.66. The first-order valence-corrected chi connectivity index (χ1v) is 4.98. The van der Waals surface area contributed by atoms with Crippen molar-refractivity contribution < 1.29 is 0 Å². The molecule has 0 bridgehead atoms. The normalized spacial score (nSPS) is 10.5. The molecule has 0 spiro atoms. The largest absolute Gasteiger partial charge is 0.296 e. The monoisotopic (exact) mass is 200 g/mol. The topological polar surface area (TPSA) is 27.0 Å². The Morgan fingerprint density at radius 3 is 2.62 bits per heavy atom. The SMILES string of the molecule is C=C(CCl)CN(CCC#N)C(C)C. The van der Waals surface area contributed by atoms with Gasteiger partial charge in [0.05, 0.1) is 6.07 Å². The highest BCUT2D eigenvalue weighted by Gasteiger charge is 2.09. The molecule has 0 aliphatic carbocycles. The van der Waals surface area contributed by atoms with E-state index in [4.69, 9.17) is 16.9 Å². The van der Waals surface area contributed by atoms with Crippen LogP contribution in [0.3, 0.4) is 0 Å². The van der Waals surface area contributed by atoms with Gasteiger partial charge in [-0.25, -0.2) is 0 Å². The van der Waals surface area contributed by atoms with Crippen LogP contribution in [0.1, 0.15) is 20.3 Å². The molecule has 0 saturated carbocycles. The van der Waals surface area contributed by atoms with Crippen molar-refractivity contribution in [1.29, 1.82) is 5.26 Å². The zero-order chi connectivity index (χ0) is 10.3. The first kappa shape index (κ1) is 12.5. The molecule has 0 atom stereocenters. The maximum absolute atomic E-state index is 8.46. The Labute approximate surface area is 85.8 Å². The first-order chi connectivity index (χ1) is 6.11. The van der Waals surface area contributed by atoms with E-state index in [0.29, 0.717) is 18.3 Å². The van der Waals surface area contributed by atoms with Gasteiger partial charge in [0.1, 0.15) is 0 Å². The Balaban J connectivity index is 3.95. The fourth-order valence-electron chi connectivity index (χ4n) is 1.04. The van der Waals surface area contributed by atoms with Gasteiger partial charge in [-0.05, 0) is 19.4 Å². The summed E-state index contributed by atoms with van der Waals surface area (Å²) in [5.74, 6) is 0.496. The van der Waals surface area contributed by atoms with Crippen LogP contribution in [0.5, 0.6) is 0 Å². The van der Waals surface area contributed by atoms with Gasteiger partial charge in [0.15, 0.2) is 0 Å². The Morgan fingerprint density at radius 1 is 1.62 bits per heavy atom. The van der Waals surface area contributed by atoms with Gasteiger partial charge in [0.2, 0.25) is 0 Å². The minimum absolute atomic E-state index is 0.438. The molecule has 2 nitrogen and oxygen atoms in total. The summed E-state index contributed by atoms with van der Waals surface area (Å²) in [6, 6.07) is 2.58. The van der Waals surface area contributed by atoms with E-state index in [9.17, 15) is 0 Å². The molecule has 74 valence electrons. The highest BCUT2D eigenvalue weighted by Crippen LogP contribution is 2.04. The van der Waals surface area contributed by atoms with E-state index in [2.05, 4.69) is 31.4 Å². The van der Waals surface area contributed by atoms with Crippen molar-refractivity contribution in [3.8, 4) is 6.07 Å². The lowest BCUT2D eigenvalue weighted by atomic mass is 10.2. The molecule has 0 N–H and O–H groups in total. The lowest BCUT2D eigenvalue weighted by molar-refractivity contribution is 0.246. The second-order valence-electron chi connectivity index (χ2n) is 3.36. The van der Waals surface area contributed by atoms with E-state index in [1.54, 1.807) is 0 Å². The van der Waals surface area contributed by atoms with Crippen molar-refractivity contribution in [3.05, 3.63) is 12.2 Å². The van der Waals surface area contributed by atoms with Crippen LogP contribution in [-0.2, 0) is 0 Å². The van der Waals surface area contributed by atoms with E-state index in [1.807, 2.05) is 0 Å². The average molecular weight is 201 g/mol. The van der Waals surface area contributed by atoms with Crippen LogP contribution in [0, 0.1) is 11.3 Å². The summed E-state index contributed by atoms with van der Waals surface area (Å²) in [6.45, 7) is 9.66. The van der Waals surface area contributed by atoms with Gasteiger partial charge >= 0.3 is 0 Å². The molecule has 13 heavy (non-hydrogen) atoms. The smallest absolute Gasteiger partial charge is 0.0635 e. The lowest BCUT2D eigenvalue weighted by Gasteiger charge is -2.25. The first-order valence-electron chi connectivity index (χ1n) is 4.45. The average Bonchev–Trinajstić information content (AvgIpc) is 2.11. The van der Waals surface area contributed by atoms with Gasteiger partial charge in [-0.15, -0.1) is 11.6 Å². The maximum Gasteiger partial charge on any atom is 0.0635 e. The molecule has 0 heterocycles. The zero-order valence-corrected chi connectivity index (χ0v) is 9.14. The van der Waals surface area contributed by atoms with Crippen molar-refractivity contribution >= 4 is 11.6 Å². The number of nitriles is 1. The molecule has 0 aliphatic rings. The van der Waals surface area contributed by atoms with E-state index >= 15 is 0 Å².